The third kappa shape index (κ3) is 5.10. The highest BCUT2D eigenvalue weighted by Crippen LogP contribution is 2.05. The lowest BCUT2D eigenvalue weighted by Crippen LogP contribution is -2.02. The molecule has 1 rings (SSSR count). The predicted molar refractivity (Wildman–Crippen MR) is 60.8 cm³/mol. The number of hydrogen-bond acceptors (Lipinski definition) is 4. The van der Waals surface area contributed by atoms with Crippen molar-refractivity contribution in [3.8, 4) is 0 Å². The van der Waals surface area contributed by atoms with E-state index in [2.05, 4.69) is 4.98 Å². The quantitative estimate of drug-likeness (QED) is 0.601. The van der Waals surface area contributed by atoms with E-state index in [-0.39, 0.29) is 11.7 Å². The second-order valence-corrected chi connectivity index (χ2v) is 3.65. The Bertz CT molecular complexity index is 386. The van der Waals surface area contributed by atoms with Crippen LogP contribution in [0.1, 0.15) is 35.8 Å². The molecule has 0 saturated carbocycles. The van der Waals surface area contributed by atoms with Crippen LogP contribution in [0, 0.1) is 0 Å². The standard InChI is InChI=1S/C12H15NO4/c1-9(14)17-7-3-2-4-10-5-6-11(12(15)16)13-8-10/h5-6,8H,2-4,7H2,1H3,(H,15,16). The van der Waals surface area contributed by atoms with Crippen LogP contribution in [0.2, 0.25) is 0 Å². The van der Waals surface area contributed by atoms with Crippen LogP contribution in [0.5, 0.6) is 0 Å². The van der Waals surface area contributed by atoms with Crippen molar-refractivity contribution in [1.82, 2.24) is 4.98 Å². The maximum absolute atomic E-state index is 10.6. The van der Waals surface area contributed by atoms with E-state index < -0.39 is 5.97 Å². The minimum absolute atomic E-state index is 0.0497. The Labute approximate surface area is 99.4 Å². The van der Waals surface area contributed by atoms with E-state index in [9.17, 15) is 9.59 Å². The first-order valence-electron chi connectivity index (χ1n) is 5.41. The van der Waals surface area contributed by atoms with E-state index in [1.807, 2.05) is 0 Å². The summed E-state index contributed by atoms with van der Waals surface area (Å²) in [5.41, 5.74) is 1.03. The molecule has 0 aromatic carbocycles. The smallest absolute Gasteiger partial charge is 0.354 e. The van der Waals surface area contributed by atoms with Crippen molar-refractivity contribution in [3.05, 3.63) is 29.6 Å². The van der Waals surface area contributed by atoms with Crippen molar-refractivity contribution >= 4 is 11.9 Å². The number of aromatic carboxylic acids is 1. The van der Waals surface area contributed by atoms with E-state index >= 15 is 0 Å². The van der Waals surface area contributed by atoms with Gasteiger partial charge in [0.15, 0.2) is 0 Å². The number of pyridine rings is 1. The molecule has 0 aliphatic rings. The van der Waals surface area contributed by atoms with Gasteiger partial charge >= 0.3 is 11.9 Å². The van der Waals surface area contributed by atoms with Gasteiger partial charge in [-0.3, -0.25) is 4.79 Å². The summed E-state index contributed by atoms with van der Waals surface area (Å²) in [5, 5.41) is 8.66. The van der Waals surface area contributed by atoms with Crippen LogP contribution in [-0.4, -0.2) is 28.6 Å². The highest BCUT2D eigenvalue weighted by molar-refractivity contribution is 5.85. The molecule has 1 heterocycles. The van der Waals surface area contributed by atoms with E-state index in [0.29, 0.717) is 6.61 Å². The van der Waals surface area contributed by atoms with Gasteiger partial charge in [0, 0.05) is 13.1 Å². The number of nitrogens with zero attached hydrogens (tertiary/aromatic N) is 1. The van der Waals surface area contributed by atoms with Crippen molar-refractivity contribution in [2.75, 3.05) is 6.61 Å². The Morgan fingerprint density at radius 1 is 1.35 bits per heavy atom. The zero-order valence-corrected chi connectivity index (χ0v) is 9.68. The molecule has 0 aliphatic heterocycles. The average molecular weight is 237 g/mol. The van der Waals surface area contributed by atoms with E-state index in [1.54, 1.807) is 12.3 Å². The van der Waals surface area contributed by atoms with Gasteiger partial charge in [-0.2, -0.15) is 0 Å². The maximum atomic E-state index is 10.6. The number of hydrogen-bond donors (Lipinski definition) is 1. The maximum Gasteiger partial charge on any atom is 0.354 e. The lowest BCUT2D eigenvalue weighted by atomic mass is 10.1. The summed E-state index contributed by atoms with van der Waals surface area (Å²) in [7, 11) is 0. The van der Waals surface area contributed by atoms with Gasteiger partial charge in [-0.25, -0.2) is 9.78 Å². The van der Waals surface area contributed by atoms with Crippen LogP contribution >= 0.6 is 0 Å². The molecule has 0 aliphatic carbocycles. The number of carboxylic acid groups (broad SMARTS) is 1. The van der Waals surface area contributed by atoms with Crippen LogP contribution in [-0.2, 0) is 16.0 Å². The number of ether oxygens (including phenoxy) is 1. The fourth-order valence-electron chi connectivity index (χ4n) is 1.35. The van der Waals surface area contributed by atoms with Crippen molar-refractivity contribution in [2.24, 2.45) is 0 Å². The Kier molecular flexibility index (Phi) is 5.13. The molecule has 17 heavy (non-hydrogen) atoms. The molecule has 0 spiro atoms. The molecular formula is C12H15NO4. The second kappa shape index (κ2) is 6.62. The second-order valence-electron chi connectivity index (χ2n) is 3.65. The highest BCUT2D eigenvalue weighted by Gasteiger charge is 2.03. The lowest BCUT2D eigenvalue weighted by molar-refractivity contribution is -0.141. The molecule has 5 nitrogen and oxygen atoms in total. The van der Waals surface area contributed by atoms with Crippen LogP contribution in [0.4, 0.5) is 0 Å². The summed E-state index contributed by atoms with van der Waals surface area (Å²) < 4.78 is 4.80. The molecular weight excluding hydrogens is 222 g/mol. The van der Waals surface area contributed by atoms with Gasteiger partial charge < -0.3 is 9.84 Å². The largest absolute Gasteiger partial charge is 0.477 e. The summed E-state index contributed by atoms with van der Waals surface area (Å²) >= 11 is 0. The number of unbranched alkanes of at least 4 members (excludes halogenated alkanes) is 1. The number of esters is 1. The van der Waals surface area contributed by atoms with Gasteiger partial charge in [0.2, 0.25) is 0 Å². The molecule has 0 atom stereocenters. The van der Waals surface area contributed by atoms with Crippen LogP contribution < -0.4 is 0 Å². The first-order valence-corrected chi connectivity index (χ1v) is 5.41. The van der Waals surface area contributed by atoms with Gasteiger partial charge in [0.05, 0.1) is 6.61 Å². The molecule has 1 N–H and O–H groups in total. The van der Waals surface area contributed by atoms with Gasteiger partial charge in [-0.05, 0) is 30.9 Å². The van der Waals surface area contributed by atoms with Crippen LogP contribution in [0.15, 0.2) is 18.3 Å². The van der Waals surface area contributed by atoms with Crippen molar-refractivity contribution < 1.29 is 19.4 Å². The Hall–Kier alpha value is -1.91. The molecule has 5 heteroatoms. The van der Waals surface area contributed by atoms with E-state index in [1.165, 1.54) is 13.0 Å². The SMILES string of the molecule is CC(=O)OCCCCc1ccc(C(=O)O)nc1. The van der Waals surface area contributed by atoms with E-state index in [4.69, 9.17) is 9.84 Å². The van der Waals surface area contributed by atoms with Crippen LogP contribution in [0.3, 0.4) is 0 Å². The van der Waals surface area contributed by atoms with Gasteiger partial charge in [0.1, 0.15) is 5.69 Å². The molecule has 0 amide bonds. The molecule has 0 bridgehead atoms. The molecule has 0 saturated heterocycles. The monoisotopic (exact) mass is 237 g/mol. The first-order chi connectivity index (χ1) is 8.09. The number of aromatic nitrogens is 1. The van der Waals surface area contributed by atoms with E-state index in [0.717, 1.165) is 24.8 Å². The minimum Gasteiger partial charge on any atom is -0.477 e. The summed E-state index contributed by atoms with van der Waals surface area (Å²) in [5.74, 6) is -1.29. The molecule has 0 unspecified atom stereocenters. The fraction of sp³-hybridized carbons (Fsp3) is 0.417. The zero-order valence-electron chi connectivity index (χ0n) is 9.68. The van der Waals surface area contributed by atoms with Gasteiger partial charge in [-0.15, -0.1) is 0 Å². The number of rotatable bonds is 6. The topological polar surface area (TPSA) is 76.5 Å². The zero-order chi connectivity index (χ0) is 12.7. The molecule has 0 fully saturated rings. The number of carboxylic acids is 1. The average Bonchev–Trinajstić information content (AvgIpc) is 2.29. The van der Waals surface area contributed by atoms with Crippen LogP contribution in [0.25, 0.3) is 0 Å². The Balaban J connectivity index is 2.27. The Morgan fingerprint density at radius 3 is 2.65 bits per heavy atom. The van der Waals surface area contributed by atoms with Gasteiger partial charge in [0.25, 0.3) is 0 Å². The number of carbonyl (C=O) groups excluding carboxylic acids is 1. The van der Waals surface area contributed by atoms with Crippen molar-refractivity contribution in [2.45, 2.75) is 26.2 Å². The molecule has 0 radical (unpaired) electrons. The normalized spacial score (nSPS) is 9.94. The summed E-state index contributed by atoms with van der Waals surface area (Å²) in [4.78, 5) is 24.9. The summed E-state index contributed by atoms with van der Waals surface area (Å²) in [6, 6.07) is 3.24. The van der Waals surface area contributed by atoms with Crippen molar-refractivity contribution in [3.63, 3.8) is 0 Å². The Morgan fingerprint density at radius 2 is 2.12 bits per heavy atom. The molecule has 92 valence electrons. The number of carbonyl (C=O) groups is 2. The summed E-state index contributed by atoms with van der Waals surface area (Å²) in [6.07, 6.45) is 4.03. The fourth-order valence-corrected chi connectivity index (χ4v) is 1.35. The highest BCUT2D eigenvalue weighted by atomic mass is 16.5. The lowest BCUT2D eigenvalue weighted by Gasteiger charge is -2.02. The third-order valence-electron chi connectivity index (χ3n) is 2.21. The first kappa shape index (κ1) is 13.2. The predicted octanol–water partition coefficient (Wildman–Crippen LogP) is 1.67. The molecule has 1 aromatic rings. The summed E-state index contributed by atoms with van der Waals surface area (Å²) in [6.45, 7) is 1.81. The minimum atomic E-state index is -1.02. The molecule has 1 aromatic heterocycles. The van der Waals surface area contributed by atoms with Crippen molar-refractivity contribution in [1.29, 1.82) is 0 Å². The van der Waals surface area contributed by atoms with Gasteiger partial charge in [-0.1, -0.05) is 6.07 Å². The third-order valence-corrected chi connectivity index (χ3v) is 2.21. The number of aryl methyl sites for hydroxylation is 1.